The fraction of sp³-hybridized carbons (Fsp3) is 0.533. The van der Waals surface area contributed by atoms with Gasteiger partial charge in [0, 0.05) is 25.8 Å². The van der Waals surface area contributed by atoms with Crippen LogP contribution in [0.15, 0.2) is 24.3 Å². The number of benzene rings is 1. The van der Waals surface area contributed by atoms with Gasteiger partial charge in [0.15, 0.2) is 0 Å². The van der Waals surface area contributed by atoms with Crippen LogP contribution in [0, 0.1) is 0 Å². The second-order valence-electron chi connectivity index (χ2n) is 5.15. The van der Waals surface area contributed by atoms with E-state index in [4.69, 9.17) is 15.3 Å². The van der Waals surface area contributed by atoms with E-state index in [1.807, 2.05) is 0 Å². The average molecular weight is 293 g/mol. The van der Waals surface area contributed by atoms with E-state index < -0.39 is 0 Å². The normalized spacial score (nSPS) is 19.2. The summed E-state index contributed by atoms with van der Waals surface area (Å²) in [6, 6.07) is 6.94. The third kappa shape index (κ3) is 4.70. The highest BCUT2D eigenvalue weighted by molar-refractivity contribution is 5.93. The van der Waals surface area contributed by atoms with E-state index in [0.717, 1.165) is 31.8 Å². The molecule has 0 saturated carbocycles. The number of hydrogen-bond donors (Lipinski definition) is 2. The number of amides is 1. The number of piperidine rings is 1. The van der Waals surface area contributed by atoms with Crippen LogP contribution in [0.25, 0.3) is 0 Å². The summed E-state index contributed by atoms with van der Waals surface area (Å²) in [5.74, 6) is 5.53. The molecule has 0 spiro atoms. The maximum absolute atomic E-state index is 11.3. The van der Waals surface area contributed by atoms with Crippen molar-refractivity contribution < 1.29 is 14.3 Å². The molecule has 1 atom stereocenters. The smallest absolute Gasteiger partial charge is 0.265 e. The number of ether oxygens (including phenoxy) is 2. The topological polar surface area (TPSA) is 76.8 Å². The molecule has 0 aromatic heterocycles. The average Bonchev–Trinajstić information content (AvgIpc) is 2.55. The van der Waals surface area contributed by atoms with Crippen molar-refractivity contribution in [3.63, 3.8) is 0 Å². The van der Waals surface area contributed by atoms with Gasteiger partial charge in [-0.25, -0.2) is 5.84 Å². The monoisotopic (exact) mass is 293 g/mol. The van der Waals surface area contributed by atoms with Crippen molar-refractivity contribution >= 4 is 5.91 Å². The molecule has 6 heteroatoms. The van der Waals surface area contributed by atoms with Crippen LogP contribution in [-0.2, 0) is 4.74 Å². The van der Waals surface area contributed by atoms with E-state index in [1.54, 1.807) is 31.4 Å². The Bertz CT molecular complexity index is 450. The third-order valence-corrected chi connectivity index (χ3v) is 3.72. The van der Waals surface area contributed by atoms with Gasteiger partial charge < -0.3 is 9.47 Å². The fourth-order valence-corrected chi connectivity index (χ4v) is 2.49. The van der Waals surface area contributed by atoms with E-state index in [9.17, 15) is 4.79 Å². The minimum atomic E-state index is -0.305. The fourth-order valence-electron chi connectivity index (χ4n) is 2.49. The molecule has 0 radical (unpaired) electrons. The maximum Gasteiger partial charge on any atom is 0.265 e. The number of likely N-dealkylation sites (tertiary alicyclic amines) is 1. The second-order valence-corrected chi connectivity index (χ2v) is 5.15. The summed E-state index contributed by atoms with van der Waals surface area (Å²) >= 11 is 0. The predicted octanol–water partition coefficient (Wildman–Crippen LogP) is 0.780. The van der Waals surface area contributed by atoms with Gasteiger partial charge in [-0.3, -0.25) is 15.1 Å². The molecule has 0 bridgehead atoms. The van der Waals surface area contributed by atoms with Gasteiger partial charge in [-0.2, -0.15) is 0 Å². The van der Waals surface area contributed by atoms with Gasteiger partial charge in [-0.15, -0.1) is 0 Å². The summed E-state index contributed by atoms with van der Waals surface area (Å²) in [6.45, 7) is 3.57. The summed E-state index contributed by atoms with van der Waals surface area (Å²) in [7, 11) is 1.77. The zero-order valence-corrected chi connectivity index (χ0v) is 12.4. The minimum absolute atomic E-state index is 0.305. The number of hydrazine groups is 1. The van der Waals surface area contributed by atoms with E-state index in [-0.39, 0.29) is 5.91 Å². The second kappa shape index (κ2) is 7.97. The van der Waals surface area contributed by atoms with Gasteiger partial charge in [0.25, 0.3) is 5.91 Å². The molecule has 1 amide bonds. The van der Waals surface area contributed by atoms with Crippen LogP contribution < -0.4 is 16.0 Å². The Morgan fingerprint density at radius 1 is 1.43 bits per heavy atom. The highest BCUT2D eigenvalue weighted by atomic mass is 16.5. The lowest BCUT2D eigenvalue weighted by atomic mass is 10.1. The van der Waals surface area contributed by atoms with Crippen molar-refractivity contribution in [2.24, 2.45) is 5.84 Å². The molecule has 2 rings (SSSR count). The standard InChI is InChI=1S/C15H23N3O3/c1-20-14-3-2-8-18(11-14)9-10-21-13-6-4-12(5-7-13)15(19)17-16/h4-7,14H,2-3,8-11,16H2,1H3,(H,17,19). The van der Waals surface area contributed by atoms with Crippen LogP contribution in [0.4, 0.5) is 0 Å². The molecule has 21 heavy (non-hydrogen) atoms. The van der Waals surface area contributed by atoms with Gasteiger partial charge in [0.1, 0.15) is 12.4 Å². The maximum atomic E-state index is 11.3. The lowest BCUT2D eigenvalue weighted by Crippen LogP contribution is -2.41. The molecule has 1 aromatic carbocycles. The number of hydrogen-bond acceptors (Lipinski definition) is 5. The minimum Gasteiger partial charge on any atom is -0.492 e. The van der Waals surface area contributed by atoms with Crippen molar-refractivity contribution in [3.05, 3.63) is 29.8 Å². The van der Waals surface area contributed by atoms with Crippen LogP contribution in [0.5, 0.6) is 5.75 Å². The number of carbonyl (C=O) groups is 1. The zero-order chi connectivity index (χ0) is 15.1. The predicted molar refractivity (Wildman–Crippen MR) is 80.1 cm³/mol. The molecule has 1 unspecified atom stereocenters. The summed E-state index contributed by atoms with van der Waals surface area (Å²) in [6.07, 6.45) is 2.65. The number of nitrogens with two attached hydrogens (primary N) is 1. The Labute approximate surface area is 125 Å². The van der Waals surface area contributed by atoms with Crippen LogP contribution >= 0.6 is 0 Å². The van der Waals surface area contributed by atoms with Gasteiger partial charge in [-0.1, -0.05) is 0 Å². The quantitative estimate of drug-likeness (QED) is 0.460. The van der Waals surface area contributed by atoms with Crippen molar-refractivity contribution in [2.75, 3.05) is 33.4 Å². The zero-order valence-electron chi connectivity index (χ0n) is 12.4. The summed E-state index contributed by atoms with van der Waals surface area (Å²) < 4.78 is 11.1. The van der Waals surface area contributed by atoms with Gasteiger partial charge in [-0.05, 0) is 43.7 Å². The lowest BCUT2D eigenvalue weighted by molar-refractivity contribution is 0.0272. The molecule has 1 aliphatic rings. The van der Waals surface area contributed by atoms with Gasteiger partial charge >= 0.3 is 0 Å². The molecule has 1 heterocycles. The molecule has 1 aromatic rings. The highest BCUT2D eigenvalue weighted by Crippen LogP contribution is 2.14. The summed E-state index contributed by atoms with van der Waals surface area (Å²) in [5.41, 5.74) is 2.62. The number of carbonyl (C=O) groups excluding carboxylic acids is 1. The van der Waals surface area contributed by atoms with E-state index in [2.05, 4.69) is 10.3 Å². The Morgan fingerprint density at radius 3 is 2.86 bits per heavy atom. The number of nitrogens with one attached hydrogen (secondary N) is 1. The molecule has 6 nitrogen and oxygen atoms in total. The Morgan fingerprint density at radius 2 is 2.19 bits per heavy atom. The Balaban J connectivity index is 1.74. The number of nitrogens with zero attached hydrogens (tertiary/aromatic N) is 1. The first-order chi connectivity index (χ1) is 10.2. The van der Waals surface area contributed by atoms with Crippen LogP contribution in [0.2, 0.25) is 0 Å². The molecule has 116 valence electrons. The van der Waals surface area contributed by atoms with Crippen molar-refractivity contribution in [1.82, 2.24) is 10.3 Å². The number of nitrogen functional groups attached to an aromatic ring is 1. The van der Waals surface area contributed by atoms with Crippen molar-refractivity contribution in [3.8, 4) is 5.75 Å². The first kappa shape index (κ1) is 15.8. The van der Waals surface area contributed by atoms with E-state index >= 15 is 0 Å². The summed E-state index contributed by atoms with van der Waals surface area (Å²) in [4.78, 5) is 13.7. The molecule has 0 aliphatic carbocycles. The lowest BCUT2D eigenvalue weighted by Gasteiger charge is -2.31. The number of methoxy groups -OCH3 is 1. The van der Waals surface area contributed by atoms with Crippen LogP contribution in [0.1, 0.15) is 23.2 Å². The third-order valence-electron chi connectivity index (χ3n) is 3.72. The van der Waals surface area contributed by atoms with Crippen molar-refractivity contribution in [1.29, 1.82) is 0 Å². The van der Waals surface area contributed by atoms with E-state index in [1.165, 1.54) is 6.42 Å². The molecule has 1 fully saturated rings. The first-order valence-corrected chi connectivity index (χ1v) is 7.22. The van der Waals surface area contributed by atoms with Crippen molar-refractivity contribution in [2.45, 2.75) is 18.9 Å². The Kier molecular flexibility index (Phi) is 5.98. The molecular weight excluding hydrogens is 270 g/mol. The molecular formula is C15H23N3O3. The first-order valence-electron chi connectivity index (χ1n) is 7.22. The van der Waals surface area contributed by atoms with Crippen LogP contribution in [0.3, 0.4) is 0 Å². The molecule has 3 N–H and O–H groups in total. The molecule has 1 saturated heterocycles. The van der Waals surface area contributed by atoms with Crippen LogP contribution in [-0.4, -0.2) is 50.3 Å². The highest BCUT2D eigenvalue weighted by Gasteiger charge is 2.18. The largest absolute Gasteiger partial charge is 0.492 e. The SMILES string of the molecule is COC1CCCN(CCOc2ccc(C(=O)NN)cc2)C1. The van der Waals surface area contributed by atoms with Gasteiger partial charge in [0.2, 0.25) is 0 Å². The molecule has 1 aliphatic heterocycles. The summed E-state index contributed by atoms with van der Waals surface area (Å²) in [5, 5.41) is 0. The Hall–Kier alpha value is -1.63. The van der Waals surface area contributed by atoms with Gasteiger partial charge in [0.05, 0.1) is 6.10 Å². The number of rotatable bonds is 6. The van der Waals surface area contributed by atoms with E-state index in [0.29, 0.717) is 18.3 Å².